The monoisotopic (exact) mass is 2010 g/mol. The second kappa shape index (κ2) is 50.3. The van der Waals surface area contributed by atoms with Gasteiger partial charge in [0.25, 0.3) is 20.0 Å². The number of anilines is 6. The molecule has 32 nitrogen and oxygen atoms in total. The summed E-state index contributed by atoms with van der Waals surface area (Å²) in [6.45, 7) is 9.51. The SMILES string of the molecule is CCC.CN(C)C/C=C/C(=O)Nc1cccc(NC(=O)N2CCCC(Cc3cc(-c4cnc5c(c4)C=CC5)ncn3)C2)c1.CN(C)C/C=C/C(=O)Nc1cccc(NC(=O)N2CCCC(Cc3cc(-c4cnc5c(ccn5S(=O)(=O)c5ccccc5)c4)ncn3)C2)c1.Nc1cccc(NC(=O)N2CCCC(Cc3cc(-c4cnc5c(ccn5S(=O)(=O)c5ccccc5)c4)ncn3)C2)c1.O=C(Cl)/C=C/CBr. The molecule has 3 atom stereocenters. The zero-order chi connectivity index (χ0) is 99.1. The minimum atomic E-state index is -3.79. The molecule has 3 unspecified atom stereocenters. The zero-order valence-electron chi connectivity index (χ0n) is 78.8. The van der Waals surface area contributed by atoms with Crippen LogP contribution in [0.2, 0.25) is 0 Å². The second-order valence-electron chi connectivity index (χ2n) is 34.6. The van der Waals surface area contributed by atoms with Gasteiger partial charge < -0.3 is 56.8 Å². The third-order valence-corrected chi connectivity index (χ3v) is 26.7. The largest absolute Gasteiger partial charge is 0.399 e. The molecule has 11 heterocycles. The molecule has 3 aliphatic heterocycles. The van der Waals surface area contributed by atoms with E-state index in [9.17, 15) is 45.6 Å². The van der Waals surface area contributed by atoms with Crippen LogP contribution in [0.15, 0.2) is 284 Å². The van der Waals surface area contributed by atoms with Crippen LogP contribution >= 0.6 is 27.5 Å². The molecule has 4 aliphatic rings. The first-order valence-corrected chi connectivity index (χ1v) is 50.6. The molecule has 7 N–H and O–H groups in total. The molecule has 140 heavy (non-hydrogen) atoms. The molecule has 8 amide bonds. The summed E-state index contributed by atoms with van der Waals surface area (Å²) in [5.41, 5.74) is 20.0. The number of nitrogens with two attached hydrogens (primary N) is 1. The quantitative estimate of drug-likeness (QED) is 0.0127. The molecule has 0 radical (unpaired) electrons. The maximum Gasteiger partial charge on any atom is 0.321 e. The molecular weight excluding hydrogens is 1900 g/mol. The Bertz CT molecular complexity index is 6870. The Kier molecular flexibility index (Phi) is 37.0. The van der Waals surface area contributed by atoms with Crippen molar-refractivity contribution in [2.24, 2.45) is 17.8 Å². The van der Waals surface area contributed by atoms with E-state index in [4.69, 9.17) is 17.3 Å². The van der Waals surface area contributed by atoms with Crippen LogP contribution < -0.4 is 32.3 Å². The Hall–Kier alpha value is -14.4. The van der Waals surface area contributed by atoms with E-state index in [0.29, 0.717) is 144 Å². The number of piperidine rings is 3. The molecule has 5 aromatic carbocycles. The van der Waals surface area contributed by atoms with Gasteiger partial charge in [-0.25, -0.2) is 79.0 Å². The highest BCUT2D eigenvalue weighted by Crippen LogP contribution is 2.33. The molecule has 3 saturated heterocycles. The highest BCUT2D eigenvalue weighted by molar-refractivity contribution is 9.09. The number of aromatic nitrogens is 11. The van der Waals surface area contributed by atoms with Crippen molar-refractivity contribution in [3.63, 3.8) is 0 Å². The van der Waals surface area contributed by atoms with Crippen LogP contribution in [0.3, 0.4) is 0 Å². The number of nitrogens with zero attached hydrogens (tertiary/aromatic N) is 16. The first-order chi connectivity index (χ1) is 67.6. The van der Waals surface area contributed by atoms with Gasteiger partial charge in [0.05, 0.1) is 32.6 Å². The van der Waals surface area contributed by atoms with Gasteiger partial charge in [0, 0.05) is 186 Å². The summed E-state index contributed by atoms with van der Waals surface area (Å²) in [5, 5.41) is 16.2. The number of hydrogen-bond acceptors (Lipinski definition) is 22. The van der Waals surface area contributed by atoms with Gasteiger partial charge in [-0.2, -0.15) is 0 Å². The lowest BCUT2D eigenvalue weighted by molar-refractivity contribution is -0.112. The average molecular weight is 2010 g/mol. The van der Waals surface area contributed by atoms with Crippen LogP contribution in [0.25, 0.3) is 61.9 Å². The summed E-state index contributed by atoms with van der Waals surface area (Å²) in [5.74, 6) is 0.335. The summed E-state index contributed by atoms with van der Waals surface area (Å²) in [4.78, 5) is 124. The van der Waals surface area contributed by atoms with Gasteiger partial charge in [-0.05, 0) is 254 Å². The Balaban J connectivity index is 0.000000169. The number of rotatable bonds is 26. The van der Waals surface area contributed by atoms with Gasteiger partial charge in [-0.15, -0.1) is 0 Å². The van der Waals surface area contributed by atoms with Crippen LogP contribution in [0.4, 0.5) is 48.5 Å². The lowest BCUT2D eigenvalue weighted by atomic mass is 9.93. The third-order valence-electron chi connectivity index (χ3n) is 22.9. The van der Waals surface area contributed by atoms with E-state index >= 15 is 0 Å². The number of hydrogen-bond donors (Lipinski definition) is 6. The highest BCUT2D eigenvalue weighted by Gasteiger charge is 2.30. The van der Waals surface area contributed by atoms with E-state index in [1.165, 1.54) is 57.6 Å². The number of benzene rings is 5. The van der Waals surface area contributed by atoms with E-state index in [1.54, 1.807) is 158 Å². The number of amides is 8. The number of nitrogen functional groups attached to an aromatic ring is 1. The van der Waals surface area contributed by atoms with Crippen molar-refractivity contribution in [2.75, 3.05) is 118 Å². The molecule has 8 aromatic heterocycles. The second-order valence-corrected chi connectivity index (χ2v) is 39.3. The van der Waals surface area contributed by atoms with E-state index < -0.39 is 25.3 Å². The predicted molar refractivity (Wildman–Crippen MR) is 555 cm³/mol. The fourth-order valence-corrected chi connectivity index (χ4v) is 19.2. The Morgan fingerprint density at radius 3 is 1.21 bits per heavy atom. The number of nitrogens with one attached hydrogen (secondary N) is 5. The Morgan fingerprint density at radius 1 is 0.450 bits per heavy atom. The molecular formula is C104H114BrClN22O10S2. The van der Waals surface area contributed by atoms with Crippen molar-refractivity contribution < 1.29 is 45.6 Å². The molecule has 0 bridgehead atoms. The summed E-state index contributed by atoms with van der Waals surface area (Å²) in [7, 11) is 0.190. The van der Waals surface area contributed by atoms with Gasteiger partial charge in [0.2, 0.25) is 17.1 Å². The fraction of sp³-hybridized carbons (Fsp3) is 0.279. The van der Waals surface area contributed by atoms with Crippen molar-refractivity contribution in [1.29, 1.82) is 0 Å². The minimum absolute atomic E-state index is 0.135. The topological polar surface area (TPSA) is 399 Å². The van der Waals surface area contributed by atoms with Gasteiger partial charge in [-0.3, -0.25) is 19.4 Å². The molecule has 0 saturated carbocycles. The maximum absolute atomic E-state index is 13.2. The number of fused-ring (bicyclic) bond motifs is 3. The van der Waals surface area contributed by atoms with Crippen molar-refractivity contribution in [1.82, 2.24) is 77.3 Å². The van der Waals surface area contributed by atoms with Gasteiger partial charge in [-0.1, -0.05) is 121 Å². The van der Waals surface area contributed by atoms with E-state index in [2.05, 4.69) is 119 Å². The third kappa shape index (κ3) is 29.6. The minimum Gasteiger partial charge on any atom is -0.399 e. The van der Waals surface area contributed by atoms with Crippen LogP contribution in [-0.2, 0) is 60.1 Å². The molecule has 13 aromatic rings. The van der Waals surface area contributed by atoms with Gasteiger partial charge in [0.1, 0.15) is 19.0 Å². The molecule has 1 aliphatic carbocycles. The number of urea groups is 3. The van der Waals surface area contributed by atoms with Crippen molar-refractivity contribution in [3.8, 4) is 33.8 Å². The number of likely N-dealkylation sites (N-methyl/N-ethyl adjacent to an activating group) is 2. The standard InChI is InChI=1S/C36H38N8O4S.C31H35N7O2.C30H29N7O3S.C4H4BrClO.C3H8/c1-42(2)16-8-14-34(45)40-29-10-6-11-30(21-29)41-36(46)43-17-7-9-26(24-43)19-31-22-33(39-25-38-31)28-20-27-15-18-44(35(27)37-23-28)49(47,48)32-12-4-3-5-13-32;1-37(2)13-6-12-30(39)35-25-9-4-10-26(17-25)36-31(40)38-14-5-7-22(20-38)15-27-18-29(34-21-33-27)24-16-23-8-3-11-28(23)32-19-24;31-24-7-4-8-25(16-24)35-30(38)36-12-5-6-21(19-36)14-26-17-28(34-20-33-26)23-15-22-11-13-37(29(22)32-18-23)41(39,40)27-9-2-1-3-10-27;5-3-1-2-4(6)7;1-3-2/h3-6,8,10-15,18,20-23,25-26H,7,9,16-17,19,24H2,1-2H3,(H,40,45)(H,41,46);3-4,6,8-10,12,16-19,21-22H,5,7,11,13-15,20H2,1-2H3,(H,35,39)(H,36,40);1-4,7-11,13,15-18,20-21H,5-6,12,14,19,31H2,(H,35,38);1-2H,3H2;3H2,1-2H3/b14-8+;12-6+;;2-1+;. The molecule has 3 fully saturated rings. The summed E-state index contributed by atoms with van der Waals surface area (Å²) in [6.07, 6.45) is 36.6. The maximum atomic E-state index is 13.2. The lowest BCUT2D eigenvalue weighted by Crippen LogP contribution is -2.42. The summed E-state index contributed by atoms with van der Waals surface area (Å²) < 4.78 is 55.1. The number of carbonyl (C=O) groups excluding carboxylic acids is 6. The van der Waals surface area contributed by atoms with Crippen molar-refractivity contribution in [3.05, 3.63) is 303 Å². The van der Waals surface area contributed by atoms with E-state index in [-0.39, 0.29) is 51.5 Å². The van der Waals surface area contributed by atoms with Crippen LogP contribution in [-0.4, -0.2) is 215 Å². The van der Waals surface area contributed by atoms with Gasteiger partial charge in [0.15, 0.2) is 11.3 Å². The van der Waals surface area contributed by atoms with Crippen LogP contribution in [0.5, 0.6) is 0 Å². The van der Waals surface area contributed by atoms with E-state index in [1.807, 2.05) is 113 Å². The van der Waals surface area contributed by atoms with Crippen LogP contribution in [0.1, 0.15) is 87.1 Å². The van der Waals surface area contributed by atoms with Crippen LogP contribution in [0, 0.1) is 17.8 Å². The Labute approximate surface area is 829 Å². The number of likely N-dealkylation sites (tertiary alicyclic amines) is 3. The van der Waals surface area contributed by atoms with E-state index in [0.717, 1.165) is 102 Å². The number of allylic oxidation sites excluding steroid dienone is 3. The lowest BCUT2D eigenvalue weighted by Gasteiger charge is -2.32. The van der Waals surface area contributed by atoms with Gasteiger partial charge >= 0.3 is 18.1 Å². The number of pyridine rings is 3. The molecule has 17 rings (SSSR count). The average Bonchev–Trinajstić information content (AvgIpc) is 1.61. The van der Waals surface area contributed by atoms with Crippen molar-refractivity contribution in [2.45, 2.75) is 94.3 Å². The Morgan fingerprint density at radius 2 is 0.829 bits per heavy atom. The normalized spacial score (nSPS) is 15.2. The first kappa shape index (κ1) is 103. The highest BCUT2D eigenvalue weighted by atomic mass is 79.9. The number of alkyl halides is 1. The number of halogens is 2. The predicted octanol–water partition coefficient (Wildman–Crippen LogP) is 17.8. The number of carbonyl (C=O) groups is 6. The fourth-order valence-electron chi connectivity index (χ4n) is 16.3. The zero-order valence-corrected chi connectivity index (χ0v) is 82.8. The first-order valence-electron chi connectivity index (χ1n) is 46.2. The molecule has 726 valence electrons. The molecule has 36 heteroatoms. The summed E-state index contributed by atoms with van der Waals surface area (Å²) >= 11 is 7.99. The summed E-state index contributed by atoms with van der Waals surface area (Å²) in [6, 6.07) is 52.8. The molecule has 0 spiro atoms. The van der Waals surface area contributed by atoms with Crippen molar-refractivity contribution >= 4 is 145 Å². The smallest absolute Gasteiger partial charge is 0.321 e.